The van der Waals surface area contributed by atoms with Crippen molar-refractivity contribution in [2.24, 2.45) is 0 Å². The summed E-state index contributed by atoms with van der Waals surface area (Å²) >= 11 is 7.51. The number of piperazine rings is 1. The first-order valence-electron chi connectivity index (χ1n) is 11.1. The van der Waals surface area contributed by atoms with Gasteiger partial charge in [-0.25, -0.2) is 0 Å². The number of thioether (sulfide) groups is 1. The zero-order valence-electron chi connectivity index (χ0n) is 18.9. The van der Waals surface area contributed by atoms with Crippen LogP contribution in [0.1, 0.15) is 18.3 Å². The number of ether oxygens (including phenoxy) is 1. The second-order valence-electron chi connectivity index (χ2n) is 7.83. The van der Waals surface area contributed by atoms with E-state index in [1.54, 1.807) is 0 Å². The molecule has 1 amide bonds. The zero-order valence-corrected chi connectivity index (χ0v) is 20.5. The predicted molar refractivity (Wildman–Crippen MR) is 132 cm³/mol. The van der Waals surface area contributed by atoms with E-state index >= 15 is 0 Å². The molecule has 1 aromatic heterocycles. The lowest BCUT2D eigenvalue weighted by Crippen LogP contribution is -2.49. The molecular formula is C24H28ClN5O2S. The number of para-hydroxylation sites is 1. The molecule has 0 unspecified atom stereocenters. The van der Waals surface area contributed by atoms with Gasteiger partial charge in [-0.15, -0.1) is 10.2 Å². The summed E-state index contributed by atoms with van der Waals surface area (Å²) in [5, 5.41) is 10.0. The molecule has 1 aliphatic rings. The van der Waals surface area contributed by atoms with Crippen LogP contribution in [-0.4, -0.2) is 57.5 Å². The molecule has 1 aliphatic heterocycles. The first-order chi connectivity index (χ1) is 16.0. The van der Waals surface area contributed by atoms with Crippen LogP contribution in [0.15, 0.2) is 53.7 Å². The minimum absolute atomic E-state index is 0.132. The number of amides is 1. The number of benzene rings is 2. The summed E-state index contributed by atoms with van der Waals surface area (Å²) in [6.07, 6.45) is 0. The molecule has 2 aromatic carbocycles. The lowest BCUT2D eigenvalue weighted by atomic mass is 10.2. The Kier molecular flexibility index (Phi) is 7.77. The highest BCUT2D eigenvalue weighted by atomic mass is 35.5. The molecule has 2 heterocycles. The maximum absolute atomic E-state index is 12.8. The number of anilines is 1. The second-order valence-corrected chi connectivity index (χ2v) is 9.18. The van der Waals surface area contributed by atoms with E-state index in [0.717, 1.165) is 48.5 Å². The zero-order chi connectivity index (χ0) is 23.2. The van der Waals surface area contributed by atoms with Crippen LogP contribution >= 0.6 is 23.4 Å². The van der Waals surface area contributed by atoms with Crippen molar-refractivity contribution < 1.29 is 9.53 Å². The lowest BCUT2D eigenvalue weighted by Gasteiger charge is -2.36. The lowest BCUT2D eigenvalue weighted by molar-refractivity contribution is -0.128. The number of rotatable bonds is 8. The first-order valence-corrected chi connectivity index (χ1v) is 12.4. The smallest absolute Gasteiger partial charge is 0.233 e. The Hall–Kier alpha value is -2.71. The van der Waals surface area contributed by atoms with Crippen LogP contribution in [0.5, 0.6) is 5.75 Å². The Morgan fingerprint density at radius 1 is 1.09 bits per heavy atom. The van der Waals surface area contributed by atoms with Gasteiger partial charge < -0.3 is 19.1 Å². The third kappa shape index (κ3) is 5.81. The van der Waals surface area contributed by atoms with Gasteiger partial charge in [0.25, 0.3) is 0 Å². The van der Waals surface area contributed by atoms with E-state index in [4.69, 9.17) is 16.3 Å². The molecule has 0 spiro atoms. The minimum Gasteiger partial charge on any atom is -0.486 e. The number of halogens is 1. The van der Waals surface area contributed by atoms with Crippen LogP contribution in [0.25, 0.3) is 0 Å². The Morgan fingerprint density at radius 2 is 1.85 bits per heavy atom. The van der Waals surface area contributed by atoms with Crippen molar-refractivity contribution in [3.05, 3.63) is 64.9 Å². The van der Waals surface area contributed by atoms with Crippen molar-refractivity contribution >= 4 is 35.0 Å². The fraction of sp³-hybridized carbons (Fsp3) is 0.375. The summed E-state index contributed by atoms with van der Waals surface area (Å²) in [4.78, 5) is 17.0. The monoisotopic (exact) mass is 485 g/mol. The van der Waals surface area contributed by atoms with E-state index < -0.39 is 0 Å². The van der Waals surface area contributed by atoms with Gasteiger partial charge in [0.2, 0.25) is 5.91 Å². The van der Waals surface area contributed by atoms with Crippen molar-refractivity contribution in [1.29, 1.82) is 0 Å². The molecule has 4 rings (SSSR count). The largest absolute Gasteiger partial charge is 0.486 e. The highest BCUT2D eigenvalue weighted by molar-refractivity contribution is 7.99. The molecule has 0 aliphatic carbocycles. The molecular weight excluding hydrogens is 458 g/mol. The fourth-order valence-electron chi connectivity index (χ4n) is 3.78. The molecule has 9 heteroatoms. The summed E-state index contributed by atoms with van der Waals surface area (Å²) in [6.45, 7) is 8.14. The predicted octanol–water partition coefficient (Wildman–Crippen LogP) is 4.28. The Labute approximate surface area is 203 Å². The molecule has 174 valence electrons. The van der Waals surface area contributed by atoms with Crippen molar-refractivity contribution in [2.75, 3.05) is 36.8 Å². The number of carbonyl (C=O) groups excluding carboxylic acids is 1. The Balaban J connectivity index is 1.29. The van der Waals surface area contributed by atoms with Gasteiger partial charge in [-0.1, -0.05) is 41.6 Å². The molecule has 0 atom stereocenters. The molecule has 1 saturated heterocycles. The second kappa shape index (κ2) is 10.9. The number of hydrogen-bond donors (Lipinski definition) is 0. The Morgan fingerprint density at radius 3 is 2.55 bits per heavy atom. The van der Waals surface area contributed by atoms with Crippen LogP contribution in [-0.2, 0) is 17.9 Å². The number of nitrogens with zero attached hydrogens (tertiary/aromatic N) is 5. The number of aromatic nitrogens is 3. The van der Waals surface area contributed by atoms with Crippen molar-refractivity contribution in [3.8, 4) is 5.75 Å². The van der Waals surface area contributed by atoms with E-state index in [2.05, 4.69) is 27.2 Å². The molecule has 7 nitrogen and oxygen atoms in total. The summed E-state index contributed by atoms with van der Waals surface area (Å²) in [7, 11) is 0. The summed E-state index contributed by atoms with van der Waals surface area (Å²) < 4.78 is 7.87. The fourth-order valence-corrected chi connectivity index (χ4v) is 4.82. The summed E-state index contributed by atoms with van der Waals surface area (Å²) in [5.41, 5.74) is 2.17. The SMILES string of the molecule is CCn1c(COc2ccc(Cl)c(C)c2)nnc1SCC(=O)N1CCN(c2ccccc2)CC1. The maximum atomic E-state index is 12.8. The molecule has 0 radical (unpaired) electrons. The standard InChI is InChI=1S/C24H28ClN5O2S/c1-3-30-22(16-32-20-9-10-21(25)18(2)15-20)26-27-24(30)33-17-23(31)29-13-11-28(12-14-29)19-7-5-4-6-8-19/h4-10,15H,3,11-14,16-17H2,1-2H3. The van der Waals surface area contributed by atoms with Gasteiger partial charge in [-0.2, -0.15) is 0 Å². The topological polar surface area (TPSA) is 63.5 Å². The normalized spacial score (nSPS) is 13.9. The van der Waals surface area contributed by atoms with Gasteiger partial charge in [0.1, 0.15) is 12.4 Å². The third-order valence-corrected chi connectivity index (χ3v) is 7.06. The quantitative estimate of drug-likeness (QED) is 0.444. The van der Waals surface area contributed by atoms with Gasteiger partial charge in [-0.3, -0.25) is 4.79 Å². The van der Waals surface area contributed by atoms with Crippen LogP contribution in [0.2, 0.25) is 5.02 Å². The van der Waals surface area contributed by atoms with E-state index in [9.17, 15) is 4.79 Å². The van der Waals surface area contributed by atoms with Crippen LogP contribution in [0, 0.1) is 6.92 Å². The van der Waals surface area contributed by atoms with Gasteiger partial charge in [0.05, 0.1) is 5.75 Å². The van der Waals surface area contributed by atoms with Crippen molar-refractivity contribution in [1.82, 2.24) is 19.7 Å². The molecule has 1 fully saturated rings. The van der Waals surface area contributed by atoms with Crippen LogP contribution in [0.3, 0.4) is 0 Å². The highest BCUT2D eigenvalue weighted by Crippen LogP contribution is 2.23. The molecule has 3 aromatic rings. The number of hydrogen-bond acceptors (Lipinski definition) is 6. The average molecular weight is 486 g/mol. The molecule has 33 heavy (non-hydrogen) atoms. The highest BCUT2D eigenvalue weighted by Gasteiger charge is 2.22. The van der Waals surface area contributed by atoms with E-state index in [1.165, 1.54) is 17.4 Å². The van der Waals surface area contributed by atoms with Crippen molar-refractivity contribution in [3.63, 3.8) is 0 Å². The third-order valence-electron chi connectivity index (χ3n) is 5.69. The van der Waals surface area contributed by atoms with Gasteiger partial charge in [0.15, 0.2) is 11.0 Å². The van der Waals surface area contributed by atoms with Gasteiger partial charge in [-0.05, 0) is 49.7 Å². The van der Waals surface area contributed by atoms with Crippen LogP contribution < -0.4 is 9.64 Å². The van der Waals surface area contributed by atoms with Gasteiger partial charge in [0, 0.05) is 43.4 Å². The first kappa shape index (κ1) is 23.4. The van der Waals surface area contributed by atoms with E-state index in [0.29, 0.717) is 23.9 Å². The molecule has 0 saturated carbocycles. The maximum Gasteiger partial charge on any atom is 0.233 e. The summed E-state index contributed by atoms with van der Waals surface area (Å²) in [5.74, 6) is 1.95. The minimum atomic E-state index is 0.132. The number of carbonyl (C=O) groups is 1. The van der Waals surface area contributed by atoms with Gasteiger partial charge >= 0.3 is 0 Å². The average Bonchev–Trinajstić information content (AvgIpc) is 3.25. The van der Waals surface area contributed by atoms with E-state index in [-0.39, 0.29) is 5.91 Å². The Bertz CT molecular complexity index is 1080. The van der Waals surface area contributed by atoms with Crippen molar-refractivity contribution in [2.45, 2.75) is 32.2 Å². The van der Waals surface area contributed by atoms with E-state index in [1.807, 2.05) is 59.7 Å². The number of aryl methyl sites for hydroxylation is 1. The molecule has 0 bridgehead atoms. The molecule has 0 N–H and O–H groups in total. The van der Waals surface area contributed by atoms with Crippen LogP contribution in [0.4, 0.5) is 5.69 Å². The summed E-state index contributed by atoms with van der Waals surface area (Å²) in [6, 6.07) is 15.9.